The SMILES string of the molecule is CCCS(=O)(=O)N1CCC(NC(=NCCc2ncc(C)s2)NCC)CC1. The van der Waals surface area contributed by atoms with Crippen molar-refractivity contribution in [3.05, 3.63) is 16.1 Å². The third-order valence-corrected chi connectivity index (χ3v) is 7.31. The minimum absolute atomic E-state index is 0.241. The third-order valence-electron chi connectivity index (χ3n) is 4.26. The zero-order valence-electron chi connectivity index (χ0n) is 16.0. The molecule has 1 saturated heterocycles. The fourth-order valence-corrected chi connectivity index (χ4v) is 5.28. The summed E-state index contributed by atoms with van der Waals surface area (Å²) in [4.78, 5) is 10.2. The highest BCUT2D eigenvalue weighted by Gasteiger charge is 2.27. The molecule has 0 amide bonds. The van der Waals surface area contributed by atoms with Gasteiger partial charge in [-0.1, -0.05) is 6.92 Å². The van der Waals surface area contributed by atoms with Crippen molar-refractivity contribution >= 4 is 27.3 Å². The number of nitrogens with zero attached hydrogens (tertiary/aromatic N) is 3. The summed E-state index contributed by atoms with van der Waals surface area (Å²) in [5.41, 5.74) is 0. The number of rotatable bonds is 8. The van der Waals surface area contributed by atoms with Crippen LogP contribution in [0.25, 0.3) is 0 Å². The van der Waals surface area contributed by atoms with Gasteiger partial charge in [-0.2, -0.15) is 0 Å². The molecule has 2 heterocycles. The summed E-state index contributed by atoms with van der Waals surface area (Å²) in [5, 5.41) is 7.83. The van der Waals surface area contributed by atoms with Gasteiger partial charge in [0, 0.05) is 49.7 Å². The minimum Gasteiger partial charge on any atom is -0.357 e. The highest BCUT2D eigenvalue weighted by molar-refractivity contribution is 7.89. The second kappa shape index (κ2) is 10.2. The van der Waals surface area contributed by atoms with Gasteiger partial charge in [-0.05, 0) is 33.1 Å². The maximum absolute atomic E-state index is 12.2. The Bertz CT molecular complexity index is 679. The maximum Gasteiger partial charge on any atom is 0.214 e. The average Bonchev–Trinajstić information content (AvgIpc) is 3.01. The number of guanidine groups is 1. The Labute approximate surface area is 161 Å². The molecule has 1 fully saturated rings. The van der Waals surface area contributed by atoms with E-state index < -0.39 is 10.0 Å². The van der Waals surface area contributed by atoms with Crippen LogP contribution in [0, 0.1) is 6.92 Å². The lowest BCUT2D eigenvalue weighted by molar-refractivity contribution is 0.306. The number of thiazole rings is 1. The third kappa shape index (κ3) is 6.51. The van der Waals surface area contributed by atoms with Gasteiger partial charge in [-0.3, -0.25) is 4.99 Å². The smallest absolute Gasteiger partial charge is 0.214 e. The van der Waals surface area contributed by atoms with E-state index in [0.29, 0.717) is 26.1 Å². The van der Waals surface area contributed by atoms with Crippen molar-refractivity contribution in [2.75, 3.05) is 31.9 Å². The van der Waals surface area contributed by atoms with Gasteiger partial charge in [0.1, 0.15) is 0 Å². The maximum atomic E-state index is 12.2. The fourth-order valence-electron chi connectivity index (χ4n) is 2.96. The van der Waals surface area contributed by atoms with E-state index in [1.165, 1.54) is 4.88 Å². The number of aryl methyl sites for hydroxylation is 1. The van der Waals surface area contributed by atoms with Crippen molar-refractivity contribution in [2.45, 2.75) is 52.5 Å². The molecular formula is C17H31N5O2S2. The van der Waals surface area contributed by atoms with Crippen LogP contribution >= 0.6 is 11.3 Å². The van der Waals surface area contributed by atoms with E-state index in [2.05, 4.69) is 27.5 Å². The molecule has 0 bridgehead atoms. The number of hydrogen-bond donors (Lipinski definition) is 2. The number of aromatic nitrogens is 1. The Kier molecular flexibility index (Phi) is 8.30. The zero-order valence-corrected chi connectivity index (χ0v) is 17.6. The van der Waals surface area contributed by atoms with Gasteiger partial charge >= 0.3 is 0 Å². The van der Waals surface area contributed by atoms with E-state index in [4.69, 9.17) is 0 Å². The molecule has 2 N–H and O–H groups in total. The highest BCUT2D eigenvalue weighted by Crippen LogP contribution is 2.15. The van der Waals surface area contributed by atoms with Crippen molar-refractivity contribution < 1.29 is 8.42 Å². The first kappa shape index (κ1) is 21.1. The number of piperidine rings is 1. The lowest BCUT2D eigenvalue weighted by Gasteiger charge is -2.32. The summed E-state index contributed by atoms with van der Waals surface area (Å²) in [6, 6.07) is 0.253. The number of aliphatic imine (C=N–C) groups is 1. The quantitative estimate of drug-likeness (QED) is 0.512. The molecular weight excluding hydrogens is 370 g/mol. The summed E-state index contributed by atoms with van der Waals surface area (Å²) >= 11 is 1.71. The standard InChI is InChI=1S/C17H31N5O2S2/c1-4-12-26(23,24)22-10-7-15(8-11-22)21-17(18-5-2)19-9-6-16-20-13-14(3)25-16/h13,15H,4-12H2,1-3H3,(H2,18,19,21). The minimum atomic E-state index is -3.08. The molecule has 1 aliphatic rings. The predicted octanol–water partition coefficient (Wildman–Crippen LogP) is 1.75. The number of nitrogens with one attached hydrogen (secondary N) is 2. The fraction of sp³-hybridized carbons (Fsp3) is 0.765. The molecule has 0 saturated carbocycles. The van der Waals surface area contributed by atoms with E-state index in [9.17, 15) is 8.42 Å². The van der Waals surface area contributed by atoms with Crippen LogP contribution in [-0.2, 0) is 16.4 Å². The first-order valence-electron chi connectivity index (χ1n) is 9.38. The Morgan fingerprint density at radius 1 is 1.38 bits per heavy atom. The van der Waals surface area contributed by atoms with Crippen molar-refractivity contribution in [1.82, 2.24) is 19.9 Å². The molecule has 148 valence electrons. The molecule has 1 aliphatic heterocycles. The lowest BCUT2D eigenvalue weighted by atomic mass is 10.1. The van der Waals surface area contributed by atoms with E-state index in [1.807, 2.05) is 20.0 Å². The normalized spacial score (nSPS) is 17.4. The molecule has 1 aromatic heterocycles. The molecule has 0 aliphatic carbocycles. The van der Waals surface area contributed by atoms with Crippen LogP contribution in [0.1, 0.15) is 43.0 Å². The Balaban J connectivity index is 1.83. The number of sulfonamides is 1. The van der Waals surface area contributed by atoms with Crippen LogP contribution in [-0.4, -0.2) is 61.6 Å². The summed E-state index contributed by atoms with van der Waals surface area (Å²) in [5.74, 6) is 1.04. The summed E-state index contributed by atoms with van der Waals surface area (Å²) in [6.45, 7) is 8.65. The van der Waals surface area contributed by atoms with E-state index in [-0.39, 0.29) is 11.8 Å². The second-order valence-electron chi connectivity index (χ2n) is 6.51. The van der Waals surface area contributed by atoms with Crippen molar-refractivity contribution in [3.63, 3.8) is 0 Å². The molecule has 2 rings (SSSR count). The molecule has 0 atom stereocenters. The monoisotopic (exact) mass is 401 g/mol. The van der Waals surface area contributed by atoms with Crippen LogP contribution in [0.15, 0.2) is 11.2 Å². The first-order chi connectivity index (χ1) is 12.4. The van der Waals surface area contributed by atoms with Gasteiger partial charge < -0.3 is 10.6 Å². The molecule has 0 unspecified atom stereocenters. The summed E-state index contributed by atoms with van der Waals surface area (Å²) in [6.07, 6.45) is 5.00. The zero-order chi connectivity index (χ0) is 19.0. The van der Waals surface area contributed by atoms with Crippen molar-refractivity contribution in [2.24, 2.45) is 4.99 Å². The second-order valence-corrected chi connectivity index (χ2v) is 9.92. The van der Waals surface area contributed by atoms with E-state index in [0.717, 1.165) is 36.8 Å². The Morgan fingerprint density at radius 2 is 2.12 bits per heavy atom. The van der Waals surface area contributed by atoms with Crippen LogP contribution in [0.2, 0.25) is 0 Å². The van der Waals surface area contributed by atoms with Crippen LogP contribution in [0.5, 0.6) is 0 Å². The van der Waals surface area contributed by atoms with E-state index in [1.54, 1.807) is 15.6 Å². The van der Waals surface area contributed by atoms with Crippen LogP contribution in [0.3, 0.4) is 0 Å². The Morgan fingerprint density at radius 3 is 2.69 bits per heavy atom. The van der Waals surface area contributed by atoms with E-state index >= 15 is 0 Å². The number of hydrogen-bond acceptors (Lipinski definition) is 5. The predicted molar refractivity (Wildman–Crippen MR) is 108 cm³/mol. The average molecular weight is 402 g/mol. The molecule has 7 nitrogen and oxygen atoms in total. The molecule has 0 aromatic carbocycles. The molecule has 0 spiro atoms. The van der Waals surface area contributed by atoms with Crippen LogP contribution in [0.4, 0.5) is 0 Å². The molecule has 26 heavy (non-hydrogen) atoms. The van der Waals surface area contributed by atoms with Gasteiger partial charge in [-0.25, -0.2) is 17.7 Å². The largest absolute Gasteiger partial charge is 0.357 e. The van der Waals surface area contributed by atoms with Crippen LogP contribution < -0.4 is 10.6 Å². The highest BCUT2D eigenvalue weighted by atomic mass is 32.2. The summed E-state index contributed by atoms with van der Waals surface area (Å²) in [7, 11) is -3.08. The van der Waals surface area contributed by atoms with Gasteiger partial charge in [0.05, 0.1) is 10.8 Å². The lowest BCUT2D eigenvalue weighted by Crippen LogP contribution is -2.50. The topological polar surface area (TPSA) is 86.7 Å². The van der Waals surface area contributed by atoms with Gasteiger partial charge in [0.2, 0.25) is 10.0 Å². The molecule has 9 heteroatoms. The molecule has 1 aromatic rings. The van der Waals surface area contributed by atoms with Crippen molar-refractivity contribution in [1.29, 1.82) is 0 Å². The molecule has 0 radical (unpaired) electrons. The van der Waals surface area contributed by atoms with Gasteiger partial charge in [-0.15, -0.1) is 11.3 Å². The Hall–Kier alpha value is -1.19. The first-order valence-corrected chi connectivity index (χ1v) is 11.8. The van der Waals surface area contributed by atoms with Gasteiger partial charge in [0.15, 0.2) is 5.96 Å². The summed E-state index contributed by atoms with van der Waals surface area (Å²) < 4.78 is 25.9. The van der Waals surface area contributed by atoms with Gasteiger partial charge in [0.25, 0.3) is 0 Å². The van der Waals surface area contributed by atoms with Crippen molar-refractivity contribution in [3.8, 4) is 0 Å².